The number of nitriles is 2. The van der Waals surface area contributed by atoms with Gasteiger partial charge in [0.05, 0.1) is 33.4 Å². The Morgan fingerprint density at radius 3 is 1.61 bits per heavy atom. The molecule has 0 N–H and O–H groups in total. The quantitative estimate of drug-likeness (QED) is 0.207. The first kappa shape index (κ1) is 25.8. The second kappa shape index (κ2) is 9.96. The van der Waals surface area contributed by atoms with Gasteiger partial charge in [0.15, 0.2) is 0 Å². The molecule has 212 valence electrons. The molecule has 0 atom stereocenters. The van der Waals surface area contributed by atoms with Crippen molar-refractivity contribution in [1.29, 1.82) is 10.5 Å². The summed E-state index contributed by atoms with van der Waals surface area (Å²) in [6.07, 6.45) is 0. The third-order valence-electron chi connectivity index (χ3n) is 9.16. The molecule has 0 saturated carbocycles. The van der Waals surface area contributed by atoms with Crippen molar-refractivity contribution in [2.45, 2.75) is 0 Å². The van der Waals surface area contributed by atoms with Crippen LogP contribution in [0.15, 0.2) is 146 Å². The van der Waals surface area contributed by atoms with E-state index < -0.39 is 0 Å². The average Bonchev–Trinajstić information content (AvgIpc) is 3.68. The van der Waals surface area contributed by atoms with Crippen LogP contribution in [0.2, 0.25) is 0 Å². The van der Waals surface area contributed by atoms with Crippen molar-refractivity contribution in [3.8, 4) is 40.1 Å². The summed E-state index contributed by atoms with van der Waals surface area (Å²) >= 11 is 0. The van der Waals surface area contributed by atoms with E-state index in [0.717, 1.165) is 71.4 Å². The van der Waals surface area contributed by atoms with Gasteiger partial charge in [-0.25, -0.2) is 0 Å². The molecule has 6 aromatic carbocycles. The fraction of sp³-hybridized carbons (Fsp3) is 0. The zero-order valence-corrected chi connectivity index (χ0v) is 24.6. The first-order valence-electron chi connectivity index (χ1n) is 15.2. The van der Waals surface area contributed by atoms with Gasteiger partial charge in [-0.3, -0.25) is 8.97 Å². The molecule has 0 amide bonds. The van der Waals surface area contributed by atoms with Gasteiger partial charge in [0.2, 0.25) is 0 Å². The summed E-state index contributed by atoms with van der Waals surface area (Å²) in [5.41, 5.74) is 8.93. The number of rotatable bonds is 3. The number of pyridine rings is 1. The van der Waals surface area contributed by atoms with Gasteiger partial charge in [0, 0.05) is 32.7 Å². The van der Waals surface area contributed by atoms with Crippen molar-refractivity contribution in [2.75, 3.05) is 0 Å². The van der Waals surface area contributed by atoms with Gasteiger partial charge in [-0.15, -0.1) is 0 Å². The van der Waals surface area contributed by atoms with Gasteiger partial charge in [-0.1, -0.05) is 121 Å². The first-order chi connectivity index (χ1) is 22.8. The predicted molar refractivity (Wildman–Crippen MR) is 187 cm³/mol. The third-order valence-corrected chi connectivity index (χ3v) is 9.16. The largest absolute Gasteiger partial charge is 0.294 e. The Labute approximate surface area is 264 Å². The number of hydrogen-bond donors (Lipinski definition) is 0. The molecule has 9 rings (SSSR count). The summed E-state index contributed by atoms with van der Waals surface area (Å²) in [5, 5.41) is 27.6. The monoisotopic (exact) mass is 584 g/mol. The second-order valence-corrected chi connectivity index (χ2v) is 11.5. The van der Waals surface area contributed by atoms with E-state index in [1.54, 1.807) is 0 Å². The maximum atomic E-state index is 11.0. The lowest BCUT2D eigenvalue weighted by molar-refractivity contribution is 1.10. The summed E-state index contributed by atoms with van der Waals surface area (Å²) in [7, 11) is 0. The van der Waals surface area contributed by atoms with Crippen LogP contribution in [0.5, 0.6) is 0 Å². The van der Waals surface area contributed by atoms with E-state index in [1.165, 1.54) is 0 Å². The Kier molecular flexibility index (Phi) is 5.59. The minimum Gasteiger partial charge on any atom is -0.294 e. The highest BCUT2D eigenvalue weighted by atomic mass is 15.1. The molecule has 0 saturated heterocycles. The Hall–Kier alpha value is -6.62. The van der Waals surface area contributed by atoms with Crippen LogP contribution in [0.4, 0.5) is 0 Å². The zero-order valence-electron chi connectivity index (χ0n) is 24.6. The summed E-state index contributed by atoms with van der Waals surface area (Å²) in [6.45, 7) is 0. The van der Waals surface area contributed by atoms with E-state index in [4.69, 9.17) is 0 Å². The van der Waals surface area contributed by atoms with E-state index in [2.05, 4.69) is 93.9 Å². The molecule has 0 aliphatic rings. The highest BCUT2D eigenvalue weighted by Gasteiger charge is 2.27. The molecule has 0 spiro atoms. The van der Waals surface area contributed by atoms with E-state index in [1.807, 2.05) is 72.8 Å². The first-order valence-corrected chi connectivity index (χ1v) is 15.2. The summed E-state index contributed by atoms with van der Waals surface area (Å²) in [4.78, 5) is 0. The molecule has 3 heterocycles. The van der Waals surface area contributed by atoms with Gasteiger partial charge in [-0.2, -0.15) is 10.5 Å². The maximum Gasteiger partial charge on any atom is 0.131 e. The van der Waals surface area contributed by atoms with Gasteiger partial charge in [0.1, 0.15) is 17.8 Å². The fourth-order valence-corrected chi connectivity index (χ4v) is 7.25. The fourth-order valence-electron chi connectivity index (χ4n) is 7.25. The van der Waals surface area contributed by atoms with Crippen LogP contribution in [-0.4, -0.2) is 8.97 Å². The standard InChI is InChI=1S/C42H24N4/c43-25-35-33(27-13-3-1-4-14-27)24-34(28-15-5-2-6-16-28)36(26-44)41(35)46-38-22-12-10-20-32(38)40-31-19-9-8-18-30(31)39-23-29-17-7-11-21-37(29)45(39)42(40)46/h1-24H. The smallest absolute Gasteiger partial charge is 0.131 e. The lowest BCUT2D eigenvalue weighted by Gasteiger charge is -2.20. The molecule has 0 fully saturated rings. The van der Waals surface area contributed by atoms with Crippen LogP contribution in [0.1, 0.15) is 11.1 Å². The molecule has 9 aromatic rings. The molecule has 4 heteroatoms. The number of aromatic nitrogens is 2. The van der Waals surface area contributed by atoms with Crippen LogP contribution in [0.25, 0.3) is 77.1 Å². The minimum atomic E-state index is 0.461. The number of para-hydroxylation sites is 2. The Bertz CT molecular complexity index is 2680. The molecular formula is C42H24N4. The van der Waals surface area contributed by atoms with Crippen molar-refractivity contribution >= 4 is 49.1 Å². The summed E-state index contributed by atoms with van der Waals surface area (Å²) in [6, 6.07) is 54.7. The number of benzene rings is 6. The number of hydrogen-bond acceptors (Lipinski definition) is 2. The van der Waals surface area contributed by atoms with Crippen LogP contribution in [0.3, 0.4) is 0 Å². The van der Waals surface area contributed by atoms with Crippen LogP contribution in [-0.2, 0) is 0 Å². The Morgan fingerprint density at radius 2 is 0.978 bits per heavy atom. The second-order valence-electron chi connectivity index (χ2n) is 11.5. The minimum absolute atomic E-state index is 0.461. The average molecular weight is 585 g/mol. The van der Waals surface area contributed by atoms with Crippen molar-refractivity contribution < 1.29 is 0 Å². The van der Waals surface area contributed by atoms with Gasteiger partial charge in [-0.05, 0) is 40.8 Å². The topological polar surface area (TPSA) is 56.9 Å². The molecule has 0 aliphatic heterocycles. The molecular weight excluding hydrogens is 560 g/mol. The highest BCUT2D eigenvalue weighted by Crippen LogP contribution is 2.44. The van der Waals surface area contributed by atoms with Crippen LogP contribution < -0.4 is 0 Å². The normalized spacial score (nSPS) is 11.4. The number of fused-ring (bicyclic) bond motifs is 10. The molecule has 0 unspecified atom stereocenters. The highest BCUT2D eigenvalue weighted by molar-refractivity contribution is 6.25. The van der Waals surface area contributed by atoms with Crippen molar-refractivity contribution in [3.05, 3.63) is 157 Å². The summed E-state index contributed by atoms with van der Waals surface area (Å²) in [5.74, 6) is 0. The zero-order chi connectivity index (χ0) is 30.8. The van der Waals surface area contributed by atoms with Gasteiger partial charge in [0.25, 0.3) is 0 Å². The van der Waals surface area contributed by atoms with Crippen LogP contribution in [0, 0.1) is 22.7 Å². The van der Waals surface area contributed by atoms with Gasteiger partial charge < -0.3 is 0 Å². The van der Waals surface area contributed by atoms with E-state index in [-0.39, 0.29) is 0 Å². The molecule has 46 heavy (non-hydrogen) atoms. The van der Waals surface area contributed by atoms with E-state index in [0.29, 0.717) is 16.8 Å². The molecule has 3 aromatic heterocycles. The molecule has 0 aliphatic carbocycles. The van der Waals surface area contributed by atoms with Crippen LogP contribution >= 0.6 is 0 Å². The van der Waals surface area contributed by atoms with E-state index >= 15 is 0 Å². The lowest BCUT2D eigenvalue weighted by Crippen LogP contribution is -2.07. The van der Waals surface area contributed by atoms with Gasteiger partial charge >= 0.3 is 0 Å². The third kappa shape index (κ3) is 3.53. The molecule has 0 bridgehead atoms. The van der Waals surface area contributed by atoms with Crippen molar-refractivity contribution in [2.24, 2.45) is 0 Å². The summed E-state index contributed by atoms with van der Waals surface area (Å²) < 4.78 is 4.49. The Morgan fingerprint density at radius 1 is 0.457 bits per heavy atom. The molecule has 0 radical (unpaired) electrons. The predicted octanol–water partition coefficient (Wildman–Crippen LogP) is 10.4. The SMILES string of the molecule is N#Cc1c(-c2ccccc2)cc(-c2ccccc2)c(C#N)c1-n1c2ccccc2c2c3ccccc3c3cc4ccccc4n3c21. The molecule has 4 nitrogen and oxygen atoms in total. The van der Waals surface area contributed by atoms with E-state index in [9.17, 15) is 10.5 Å². The van der Waals surface area contributed by atoms with Crippen molar-refractivity contribution in [1.82, 2.24) is 8.97 Å². The number of nitrogens with zero attached hydrogens (tertiary/aromatic N) is 4. The lowest BCUT2D eigenvalue weighted by atomic mass is 9.89. The maximum absolute atomic E-state index is 11.0. The van der Waals surface area contributed by atoms with Crippen molar-refractivity contribution in [3.63, 3.8) is 0 Å². The Balaban J connectivity index is 1.60.